The first-order valence-electron chi connectivity index (χ1n) is 30.3. The SMILES string of the molecule is C=C(C)O[C@@H]1[C@H](OC(C)=O)[C@@H](COC(C)=O)O[C@H]1n1c(=O)oc2cnc(N)nc21.C=C1Oc2cnc(N)nc2N1[C@@H]1O[C@H](CO)[C@@H](O)[C@H]1O.C=C1Sc2cnc(N)nc2N1C/C=C\CCl.Cc1ccc(Cn2c(=O)sc3cnc(N)nc32)cn1.Nc1ncc2sc(=O)n(Cc3ccccc3)c2n1. The number of fused-ring (bicyclic) bond motifs is 5. The van der Waals surface area contributed by atoms with Gasteiger partial charge in [0, 0.05) is 44.4 Å². The van der Waals surface area contributed by atoms with Crippen LogP contribution in [0.25, 0.3) is 31.9 Å². The number of hydrogen-bond acceptors (Lipinski definition) is 36. The van der Waals surface area contributed by atoms with Gasteiger partial charge in [0.25, 0.3) is 0 Å². The number of nitrogens with two attached hydrogens (primary N) is 5. The number of rotatable bonds is 15. The first-order valence-corrected chi connectivity index (χ1v) is 33.3. The first kappa shape index (κ1) is 73.7. The normalized spacial score (nSPS) is 19.4. The van der Waals surface area contributed by atoms with Crippen LogP contribution in [0.1, 0.15) is 43.8 Å². The van der Waals surface area contributed by atoms with Crippen LogP contribution >= 0.6 is 46.0 Å². The molecule has 0 radical (unpaired) electrons. The third-order valence-corrected chi connectivity index (χ3v) is 17.6. The highest BCUT2D eigenvalue weighted by Gasteiger charge is 2.52. The third kappa shape index (κ3) is 17.2. The average Bonchev–Trinajstić information content (AvgIpc) is 1.61. The Balaban J connectivity index is 0.000000139. The number of nitrogen functional groups attached to an aromatic ring is 5. The summed E-state index contributed by atoms with van der Waals surface area (Å²) >= 11 is 9.37. The Morgan fingerprint density at radius 2 is 1.25 bits per heavy atom. The predicted octanol–water partition coefficient (Wildman–Crippen LogP) is 3.35. The molecule has 4 aliphatic rings. The number of hydrogen-bond donors (Lipinski definition) is 8. The van der Waals surface area contributed by atoms with E-state index in [1.165, 1.54) is 31.1 Å². The minimum absolute atomic E-state index is 0.0267. The van der Waals surface area contributed by atoms with E-state index < -0.39 is 73.4 Å². The topological polar surface area (TPSA) is 508 Å². The predicted molar refractivity (Wildman–Crippen MR) is 377 cm³/mol. The number of carbonyl (C=O) groups is 2. The summed E-state index contributed by atoms with van der Waals surface area (Å²) in [5.41, 5.74) is 32.1. The number of carbonyl (C=O) groups excluding carboxylic acids is 2. The molecule has 102 heavy (non-hydrogen) atoms. The Kier molecular flexibility index (Phi) is 23.5. The molecular weight excluding hydrogens is 1410 g/mol. The lowest BCUT2D eigenvalue weighted by atomic mass is 10.1. The number of aromatic nitrogens is 14. The zero-order chi connectivity index (χ0) is 73.2. The highest BCUT2D eigenvalue weighted by Crippen LogP contribution is 2.44. The van der Waals surface area contributed by atoms with E-state index in [0.717, 1.165) is 69.2 Å². The quantitative estimate of drug-likeness (QED) is 0.0316. The Bertz CT molecular complexity index is 4960. The number of anilines is 7. The van der Waals surface area contributed by atoms with Gasteiger partial charge in [-0.15, -0.1) is 11.6 Å². The van der Waals surface area contributed by atoms with Gasteiger partial charge in [0.1, 0.15) is 31.0 Å². The van der Waals surface area contributed by atoms with Crippen molar-refractivity contribution in [2.24, 2.45) is 0 Å². The molecule has 13 heterocycles. The fourth-order valence-corrected chi connectivity index (χ4v) is 12.8. The highest BCUT2D eigenvalue weighted by atomic mass is 35.5. The molecule has 534 valence electrons. The number of halogens is 1. The van der Waals surface area contributed by atoms with E-state index in [1.807, 2.05) is 66.4 Å². The molecule has 14 rings (SSSR count). The number of aliphatic hydroxyl groups excluding tert-OH is 3. The molecule has 40 heteroatoms. The van der Waals surface area contributed by atoms with E-state index in [0.29, 0.717) is 42.6 Å². The molecule has 4 aliphatic heterocycles. The Morgan fingerprint density at radius 1 is 0.667 bits per heavy atom. The molecular formula is C62H66ClN21O15S3. The molecule has 1 aromatic carbocycles. The minimum atomic E-state index is -1.25. The van der Waals surface area contributed by atoms with Gasteiger partial charge in [-0.05, 0) is 37.6 Å². The molecule has 2 fully saturated rings. The number of aliphatic hydroxyl groups is 3. The van der Waals surface area contributed by atoms with Gasteiger partial charge in [-0.1, -0.05) is 96.1 Å². The van der Waals surface area contributed by atoms with Crippen LogP contribution in [0.5, 0.6) is 5.75 Å². The van der Waals surface area contributed by atoms with Gasteiger partial charge in [-0.3, -0.25) is 38.2 Å². The number of esters is 2. The third-order valence-electron chi connectivity index (χ3n) is 14.7. The fraction of sp³-hybridized carbons (Fsp3) is 0.290. The van der Waals surface area contributed by atoms with E-state index in [2.05, 4.69) is 74.6 Å². The second kappa shape index (κ2) is 32.5. The summed E-state index contributed by atoms with van der Waals surface area (Å²) in [6.45, 7) is 18.3. The van der Waals surface area contributed by atoms with Crippen LogP contribution in [-0.4, -0.2) is 164 Å². The Morgan fingerprint density at radius 3 is 1.84 bits per heavy atom. The number of oxazole rings is 1. The number of benzene rings is 1. The summed E-state index contributed by atoms with van der Waals surface area (Å²) in [5, 5.41) is 29.9. The van der Waals surface area contributed by atoms with Crippen LogP contribution in [-0.2, 0) is 46.4 Å². The Hall–Kier alpha value is -11.0. The number of ether oxygens (including phenoxy) is 6. The van der Waals surface area contributed by atoms with E-state index in [-0.39, 0.29) is 74.8 Å². The number of thioether (sulfide) groups is 1. The lowest BCUT2D eigenvalue weighted by Crippen LogP contribution is -2.43. The minimum Gasteiger partial charge on any atom is -0.487 e. The van der Waals surface area contributed by atoms with Gasteiger partial charge >= 0.3 is 27.4 Å². The van der Waals surface area contributed by atoms with Gasteiger partial charge in [0.05, 0.1) is 69.6 Å². The summed E-state index contributed by atoms with van der Waals surface area (Å²) in [6.07, 6.45) is 4.71. The van der Waals surface area contributed by atoms with Crippen LogP contribution in [0.15, 0.2) is 152 Å². The maximum atomic E-state index is 12.5. The van der Waals surface area contributed by atoms with Gasteiger partial charge in [0.15, 0.2) is 70.5 Å². The van der Waals surface area contributed by atoms with Crippen molar-refractivity contribution in [1.29, 1.82) is 0 Å². The summed E-state index contributed by atoms with van der Waals surface area (Å²) in [6, 6.07) is 13.6. The number of alkyl halides is 1. The second-order valence-electron chi connectivity index (χ2n) is 22.1. The number of allylic oxidation sites excluding steroid dienone is 2. The molecule has 2 saturated heterocycles. The van der Waals surface area contributed by atoms with Crippen molar-refractivity contribution in [2.75, 3.05) is 64.1 Å². The number of pyridine rings is 1. The standard InChI is InChI=1S/C17H20N4O8.C12H11N5OS.C12H10N4OS.C11H14N4O5.C10H11ClN4S/c1-7(2)26-13-12(27-9(4)23)11(6-25-8(3)22)28-15(13)21-14-10(29-17(21)24)5-19-16(18)20-14;1-7-2-3-8(4-14-7)6-17-10-9(19-12(17)18)5-15-11(13)16-10;13-11-14-6-9-10(15-11)16(12(17)18-9)7-8-4-2-1-3-5-8;1-4-15(9-5(19-4)2-13-11(12)14-9)10-8(18)7(17)6(3-16)20-10;1-7-15(5-3-2-4-11)9-8(16-7)6-13-10(12)14-9/h5,11-13,15H,1,6H2,2-4H3,(H2,18,19,20);2-5H,6H2,1H3,(H2,13,15,16);1-6H,7H2,(H2,13,14,15);2,6-8,10,16-18H,1,3H2,(H2,12,13,14);2-3,6H,1,4-5H2,(H2,12,13,14)/b;;;;3-2-/t11-,12-,13-,15-;;;6-,7-,8-,10-;/m1..1./s1. The molecule has 36 nitrogen and oxygen atoms in total. The fourth-order valence-electron chi connectivity index (χ4n) is 10.2. The summed E-state index contributed by atoms with van der Waals surface area (Å²) in [4.78, 5) is 108. The largest absolute Gasteiger partial charge is 0.487 e. The van der Waals surface area contributed by atoms with Gasteiger partial charge in [-0.2, -0.15) is 24.9 Å². The maximum Gasteiger partial charge on any atom is 0.423 e. The van der Waals surface area contributed by atoms with Gasteiger partial charge in [-0.25, -0.2) is 34.3 Å². The molecule has 10 aromatic rings. The van der Waals surface area contributed by atoms with Crippen LogP contribution < -0.4 is 58.7 Å². The van der Waals surface area contributed by atoms with Gasteiger partial charge in [0.2, 0.25) is 29.7 Å². The zero-order valence-corrected chi connectivity index (χ0v) is 57.7. The molecule has 0 bridgehead atoms. The number of thiazole rings is 2. The van der Waals surface area contributed by atoms with Crippen molar-refractivity contribution in [3.05, 3.63) is 175 Å². The highest BCUT2D eigenvalue weighted by molar-refractivity contribution is 8.03. The number of aryl methyl sites for hydroxylation is 1. The van der Waals surface area contributed by atoms with Crippen molar-refractivity contribution in [1.82, 2.24) is 68.5 Å². The van der Waals surface area contributed by atoms with E-state index in [9.17, 15) is 34.2 Å². The molecule has 0 spiro atoms. The van der Waals surface area contributed by atoms with E-state index in [4.69, 9.17) is 78.2 Å². The lowest BCUT2D eigenvalue weighted by molar-refractivity contribution is -0.157. The summed E-state index contributed by atoms with van der Waals surface area (Å²) < 4.78 is 43.7. The molecule has 13 N–H and O–H groups in total. The molecule has 0 unspecified atom stereocenters. The molecule has 9 aromatic heterocycles. The van der Waals surface area contributed by atoms with Crippen LogP contribution in [0.4, 0.5) is 41.4 Å². The van der Waals surface area contributed by atoms with Crippen molar-refractivity contribution >= 4 is 131 Å². The smallest absolute Gasteiger partial charge is 0.423 e. The first-order chi connectivity index (χ1) is 48.8. The number of nitrogens with zero attached hydrogens (tertiary/aromatic N) is 16. The van der Waals surface area contributed by atoms with Crippen molar-refractivity contribution in [3.63, 3.8) is 0 Å². The molecule has 0 amide bonds. The second-order valence-corrected chi connectivity index (χ2v) is 25.5. The van der Waals surface area contributed by atoms with Crippen LogP contribution in [0.3, 0.4) is 0 Å². The average molecular weight is 1480 g/mol. The summed E-state index contributed by atoms with van der Waals surface area (Å²) in [7, 11) is 0. The molecule has 8 atom stereocenters. The van der Waals surface area contributed by atoms with E-state index >= 15 is 0 Å². The molecule has 0 aliphatic carbocycles. The zero-order valence-electron chi connectivity index (χ0n) is 54.5. The van der Waals surface area contributed by atoms with Gasteiger partial charge < -0.3 is 81.7 Å². The van der Waals surface area contributed by atoms with Crippen molar-refractivity contribution in [2.45, 2.75) is 94.8 Å². The monoisotopic (exact) mass is 1480 g/mol. The van der Waals surface area contributed by atoms with E-state index in [1.54, 1.807) is 52.6 Å². The summed E-state index contributed by atoms with van der Waals surface area (Å²) in [5.74, 6) is 0.972. The van der Waals surface area contributed by atoms with Crippen molar-refractivity contribution in [3.8, 4) is 5.75 Å². The lowest BCUT2D eigenvalue weighted by Gasteiger charge is -2.26. The van der Waals surface area contributed by atoms with Crippen molar-refractivity contribution < 1.29 is 57.7 Å². The van der Waals surface area contributed by atoms with Crippen LogP contribution in [0.2, 0.25) is 0 Å². The Labute approximate surface area is 594 Å². The maximum absolute atomic E-state index is 12.5. The molecule has 0 saturated carbocycles. The van der Waals surface area contributed by atoms with Crippen LogP contribution in [0, 0.1) is 6.92 Å².